The summed E-state index contributed by atoms with van der Waals surface area (Å²) >= 11 is 0. The lowest BCUT2D eigenvalue weighted by molar-refractivity contribution is -0.383. The molecule has 7 nitrogen and oxygen atoms in total. The van der Waals surface area contributed by atoms with Crippen LogP contribution in [0.15, 0.2) is 54.7 Å². The lowest BCUT2D eigenvalue weighted by Crippen LogP contribution is -2.46. The fourth-order valence-electron chi connectivity index (χ4n) is 3.46. The summed E-state index contributed by atoms with van der Waals surface area (Å²) in [6.07, 6.45) is 1.63. The van der Waals surface area contributed by atoms with E-state index in [0.29, 0.717) is 5.52 Å². The lowest BCUT2D eigenvalue weighted by Gasteiger charge is -2.37. The highest BCUT2D eigenvalue weighted by molar-refractivity contribution is 5.96. The van der Waals surface area contributed by atoms with Gasteiger partial charge in [0.15, 0.2) is 0 Å². The van der Waals surface area contributed by atoms with E-state index in [-0.39, 0.29) is 16.4 Å². The third-order valence-electron chi connectivity index (χ3n) is 4.74. The molecular formula is C19H18N4O3. The van der Waals surface area contributed by atoms with Crippen LogP contribution in [0.5, 0.6) is 5.75 Å². The number of benzene rings is 2. The summed E-state index contributed by atoms with van der Waals surface area (Å²) in [7, 11) is 0. The first-order chi connectivity index (χ1) is 12.6. The number of rotatable bonds is 3. The van der Waals surface area contributed by atoms with Crippen LogP contribution in [0.25, 0.3) is 10.9 Å². The summed E-state index contributed by atoms with van der Waals surface area (Å²) in [5, 5.41) is 21.7. The fourth-order valence-corrected chi connectivity index (χ4v) is 3.46. The van der Waals surface area contributed by atoms with E-state index in [4.69, 9.17) is 0 Å². The molecule has 0 bridgehead atoms. The Bertz CT molecular complexity index is 968. The normalized spacial score (nSPS) is 14.6. The Morgan fingerprint density at radius 1 is 1.00 bits per heavy atom. The van der Waals surface area contributed by atoms with E-state index >= 15 is 0 Å². The molecule has 1 aromatic heterocycles. The molecule has 1 saturated heterocycles. The van der Waals surface area contributed by atoms with E-state index in [1.54, 1.807) is 24.4 Å². The minimum atomic E-state index is -0.390. The van der Waals surface area contributed by atoms with Crippen molar-refractivity contribution in [1.82, 2.24) is 4.98 Å². The average molecular weight is 350 g/mol. The third-order valence-corrected chi connectivity index (χ3v) is 4.74. The number of phenolic OH excluding ortho intramolecular Hbond substituents is 1. The number of nitro benzene ring substituents is 1. The van der Waals surface area contributed by atoms with Gasteiger partial charge in [0.25, 0.3) is 5.69 Å². The van der Waals surface area contributed by atoms with E-state index in [1.165, 1.54) is 6.07 Å². The number of aromatic nitrogens is 1. The molecule has 1 N–H and O–H groups in total. The summed E-state index contributed by atoms with van der Waals surface area (Å²) in [6, 6.07) is 14.2. The zero-order valence-corrected chi connectivity index (χ0v) is 14.1. The van der Waals surface area contributed by atoms with Crippen molar-refractivity contribution in [3.05, 3.63) is 64.8 Å². The van der Waals surface area contributed by atoms with Gasteiger partial charge in [-0.15, -0.1) is 0 Å². The van der Waals surface area contributed by atoms with Gasteiger partial charge in [0.05, 0.1) is 4.92 Å². The Hall–Kier alpha value is -3.35. The zero-order valence-electron chi connectivity index (χ0n) is 14.1. The van der Waals surface area contributed by atoms with Gasteiger partial charge in [0.1, 0.15) is 11.3 Å². The number of pyridine rings is 1. The number of anilines is 2. The Morgan fingerprint density at radius 2 is 1.73 bits per heavy atom. The predicted molar refractivity (Wildman–Crippen MR) is 101 cm³/mol. The van der Waals surface area contributed by atoms with Gasteiger partial charge < -0.3 is 14.9 Å². The van der Waals surface area contributed by atoms with Crippen LogP contribution in [0.3, 0.4) is 0 Å². The number of phenols is 1. The Morgan fingerprint density at radius 3 is 2.46 bits per heavy atom. The van der Waals surface area contributed by atoms with Crippen LogP contribution in [0, 0.1) is 10.1 Å². The SMILES string of the molecule is O=[N+]([O-])c1cccc2c(N3CCN(c4cccc(O)c4)CC3)ccnc12. The van der Waals surface area contributed by atoms with Crippen LogP contribution >= 0.6 is 0 Å². The van der Waals surface area contributed by atoms with Crippen molar-refractivity contribution in [3.8, 4) is 5.75 Å². The standard InChI is InChI=1S/C19H18N4O3/c24-15-4-1-3-14(13-15)21-9-11-22(12-10-21)17-7-8-20-19-16(17)5-2-6-18(19)23(25)26/h1-8,13,24H,9-12H2. The maximum Gasteiger partial charge on any atom is 0.295 e. The number of aromatic hydroxyl groups is 1. The lowest BCUT2D eigenvalue weighted by atomic mass is 10.1. The van der Waals surface area contributed by atoms with E-state index in [2.05, 4.69) is 14.8 Å². The molecule has 2 aromatic carbocycles. The maximum absolute atomic E-state index is 11.3. The summed E-state index contributed by atoms with van der Waals surface area (Å²) in [6.45, 7) is 3.19. The first kappa shape index (κ1) is 16.1. The minimum Gasteiger partial charge on any atom is -0.508 e. The van der Waals surface area contributed by atoms with Crippen LogP contribution in [-0.4, -0.2) is 41.2 Å². The Labute approximate surface area is 150 Å². The number of para-hydroxylation sites is 1. The molecule has 2 heterocycles. The molecule has 0 amide bonds. The highest BCUT2D eigenvalue weighted by Crippen LogP contribution is 2.32. The van der Waals surface area contributed by atoms with Crippen LogP contribution < -0.4 is 9.80 Å². The summed E-state index contributed by atoms with van der Waals surface area (Å²) in [4.78, 5) is 19.5. The third kappa shape index (κ3) is 2.88. The average Bonchev–Trinajstić information content (AvgIpc) is 2.67. The molecule has 132 valence electrons. The smallest absolute Gasteiger partial charge is 0.295 e. The van der Waals surface area contributed by atoms with Crippen molar-refractivity contribution >= 4 is 28.0 Å². The minimum absolute atomic E-state index is 0.0303. The van der Waals surface area contributed by atoms with E-state index in [0.717, 1.165) is 42.9 Å². The van der Waals surface area contributed by atoms with Gasteiger partial charge in [0, 0.05) is 61.3 Å². The van der Waals surface area contributed by atoms with Gasteiger partial charge in [-0.3, -0.25) is 10.1 Å². The van der Waals surface area contributed by atoms with Gasteiger partial charge in [-0.05, 0) is 18.2 Å². The van der Waals surface area contributed by atoms with Crippen LogP contribution in [0.2, 0.25) is 0 Å². The van der Waals surface area contributed by atoms with E-state index in [1.807, 2.05) is 24.3 Å². The van der Waals surface area contributed by atoms with Crippen molar-refractivity contribution in [2.24, 2.45) is 0 Å². The van der Waals surface area contributed by atoms with E-state index in [9.17, 15) is 15.2 Å². The maximum atomic E-state index is 11.3. The molecule has 1 aliphatic rings. The van der Waals surface area contributed by atoms with Gasteiger partial charge in [0.2, 0.25) is 0 Å². The van der Waals surface area contributed by atoms with Gasteiger partial charge in [-0.1, -0.05) is 18.2 Å². The largest absolute Gasteiger partial charge is 0.508 e. The van der Waals surface area contributed by atoms with Gasteiger partial charge in [-0.2, -0.15) is 0 Å². The van der Waals surface area contributed by atoms with Crippen LogP contribution in [-0.2, 0) is 0 Å². The van der Waals surface area contributed by atoms with Crippen LogP contribution in [0.4, 0.5) is 17.1 Å². The predicted octanol–water partition coefficient (Wildman–Crippen LogP) is 3.18. The van der Waals surface area contributed by atoms with Crippen molar-refractivity contribution in [2.45, 2.75) is 0 Å². The number of nitrogens with zero attached hydrogens (tertiary/aromatic N) is 4. The van der Waals surface area contributed by atoms with Crippen molar-refractivity contribution in [3.63, 3.8) is 0 Å². The number of non-ortho nitro benzene ring substituents is 1. The second-order valence-corrected chi connectivity index (χ2v) is 6.25. The van der Waals surface area contributed by atoms with Gasteiger partial charge >= 0.3 is 0 Å². The molecule has 26 heavy (non-hydrogen) atoms. The second kappa shape index (κ2) is 6.51. The molecule has 0 aliphatic carbocycles. The Balaban J connectivity index is 1.60. The molecule has 0 spiro atoms. The number of hydrogen-bond acceptors (Lipinski definition) is 6. The summed E-state index contributed by atoms with van der Waals surface area (Å²) in [5.41, 5.74) is 2.42. The van der Waals surface area contributed by atoms with Crippen LogP contribution in [0.1, 0.15) is 0 Å². The van der Waals surface area contributed by atoms with Crippen molar-refractivity contribution in [2.75, 3.05) is 36.0 Å². The number of nitro groups is 1. The number of piperazine rings is 1. The monoisotopic (exact) mass is 350 g/mol. The number of hydrogen-bond donors (Lipinski definition) is 1. The Kier molecular flexibility index (Phi) is 4.04. The first-order valence-corrected chi connectivity index (χ1v) is 8.44. The molecule has 1 fully saturated rings. The topological polar surface area (TPSA) is 82.7 Å². The molecule has 4 rings (SSSR count). The summed E-state index contributed by atoms with van der Waals surface area (Å²) in [5.74, 6) is 0.261. The van der Waals surface area contributed by atoms with E-state index < -0.39 is 0 Å². The molecule has 1 aliphatic heterocycles. The quantitative estimate of drug-likeness (QED) is 0.577. The number of fused-ring (bicyclic) bond motifs is 1. The highest BCUT2D eigenvalue weighted by atomic mass is 16.6. The molecular weight excluding hydrogens is 332 g/mol. The molecule has 3 aromatic rings. The second-order valence-electron chi connectivity index (χ2n) is 6.25. The molecule has 0 radical (unpaired) electrons. The highest BCUT2D eigenvalue weighted by Gasteiger charge is 2.21. The van der Waals surface area contributed by atoms with Crippen molar-refractivity contribution < 1.29 is 10.0 Å². The molecule has 7 heteroatoms. The van der Waals surface area contributed by atoms with Crippen molar-refractivity contribution in [1.29, 1.82) is 0 Å². The fraction of sp³-hybridized carbons (Fsp3) is 0.211. The van der Waals surface area contributed by atoms with Gasteiger partial charge in [-0.25, -0.2) is 4.98 Å². The summed E-state index contributed by atoms with van der Waals surface area (Å²) < 4.78 is 0. The molecule has 0 saturated carbocycles. The molecule has 0 unspecified atom stereocenters. The molecule has 0 atom stereocenters. The zero-order chi connectivity index (χ0) is 18.1. The first-order valence-electron chi connectivity index (χ1n) is 8.44.